The van der Waals surface area contributed by atoms with Gasteiger partial charge in [-0.25, -0.2) is 4.68 Å². The van der Waals surface area contributed by atoms with E-state index in [1.54, 1.807) is 30.1 Å². The van der Waals surface area contributed by atoms with E-state index in [9.17, 15) is 18.0 Å². The van der Waals surface area contributed by atoms with Gasteiger partial charge in [-0.15, -0.1) is 24.9 Å². The third kappa shape index (κ3) is 7.67. The lowest BCUT2D eigenvalue weighted by Gasteiger charge is -2.27. The fourth-order valence-electron chi connectivity index (χ4n) is 4.86. The maximum atomic E-state index is 13.1. The lowest BCUT2D eigenvalue weighted by Crippen LogP contribution is -2.19. The van der Waals surface area contributed by atoms with Gasteiger partial charge in [-0.3, -0.25) is 4.79 Å². The Bertz CT molecular complexity index is 1560. The minimum Gasteiger partial charge on any atom is -0.487 e. The number of ether oxygens (including phenoxy) is 2. The van der Waals surface area contributed by atoms with E-state index in [-0.39, 0.29) is 35.1 Å². The van der Waals surface area contributed by atoms with Crippen molar-refractivity contribution < 1.29 is 32.5 Å². The molecule has 10 heteroatoms. The maximum absolute atomic E-state index is 13.1. The summed E-state index contributed by atoms with van der Waals surface area (Å²) in [5, 5.41) is 13.5. The molecule has 3 aromatic carbocycles. The number of aromatic nitrogens is 2. The molecule has 42 heavy (non-hydrogen) atoms. The van der Waals surface area contributed by atoms with Gasteiger partial charge in [-0.2, -0.15) is 5.10 Å². The van der Waals surface area contributed by atoms with E-state index in [1.807, 2.05) is 57.2 Å². The first kappa shape index (κ1) is 31.0. The third-order valence-electron chi connectivity index (χ3n) is 6.69. The quantitative estimate of drug-likeness (QED) is 0.175. The van der Waals surface area contributed by atoms with Crippen LogP contribution in [0.3, 0.4) is 0 Å². The minimum absolute atomic E-state index is 0.0295. The van der Waals surface area contributed by atoms with E-state index in [4.69, 9.17) is 9.84 Å². The highest BCUT2D eigenvalue weighted by Gasteiger charge is 2.33. The number of para-hydroxylation sites is 2. The highest BCUT2D eigenvalue weighted by Crippen LogP contribution is 2.43. The van der Waals surface area contributed by atoms with E-state index in [0.29, 0.717) is 11.4 Å². The van der Waals surface area contributed by atoms with E-state index in [0.717, 1.165) is 27.1 Å². The minimum atomic E-state index is -4.84. The Morgan fingerprint density at radius 1 is 1.05 bits per heavy atom. The van der Waals surface area contributed by atoms with Crippen LogP contribution in [-0.2, 0) is 22.6 Å². The second-order valence-corrected chi connectivity index (χ2v) is 12.4. The van der Waals surface area contributed by atoms with Gasteiger partial charge in [-0.1, -0.05) is 44.2 Å². The number of hydrogen-bond acceptors (Lipinski definition) is 5. The molecule has 1 aromatic heterocycles. The van der Waals surface area contributed by atoms with Gasteiger partial charge in [0, 0.05) is 9.64 Å². The molecular formula is C32H33F3N2O4S. The molecule has 0 aliphatic heterocycles. The van der Waals surface area contributed by atoms with Crippen molar-refractivity contribution in [1.82, 2.24) is 9.78 Å². The van der Waals surface area contributed by atoms with Gasteiger partial charge < -0.3 is 14.6 Å². The van der Waals surface area contributed by atoms with Crippen molar-refractivity contribution in [2.24, 2.45) is 0 Å². The number of hydrogen-bond donors (Lipinski definition) is 1. The smallest absolute Gasteiger partial charge is 0.487 e. The van der Waals surface area contributed by atoms with Crippen molar-refractivity contribution in [1.29, 1.82) is 0 Å². The Morgan fingerprint density at radius 3 is 2.45 bits per heavy atom. The molecule has 0 bridgehead atoms. The molecule has 4 rings (SSSR count). The molecule has 0 unspecified atom stereocenters. The number of nitrogens with zero attached hydrogens (tertiary/aromatic N) is 2. The summed E-state index contributed by atoms with van der Waals surface area (Å²) in [4.78, 5) is 12.1. The van der Waals surface area contributed by atoms with Crippen LogP contribution in [0.1, 0.15) is 61.6 Å². The summed E-state index contributed by atoms with van der Waals surface area (Å²) in [6.07, 6.45) is -3.22. The van der Waals surface area contributed by atoms with Crippen LogP contribution in [0.5, 0.6) is 11.5 Å². The number of carboxylic acid groups (broad SMARTS) is 1. The molecule has 0 radical (unpaired) electrons. The molecule has 0 amide bonds. The number of aliphatic carboxylic acids is 1. The molecule has 0 saturated heterocycles. The number of thioether (sulfide) groups is 1. The standard InChI is InChI=1S/C32H33F3N2O4S/c1-20(2)25-18-36-37(27-11-6-7-12-29(27)41-32(33,34)35)28(25)19-40-23-13-14-26(21(3)15-23)31(4,5)42-24-10-8-9-22(16-24)17-30(38)39/h6-16,18,20H,17,19H2,1-5H3,(H,38,39). The molecule has 1 N–H and O–H groups in total. The Labute approximate surface area is 247 Å². The highest BCUT2D eigenvalue weighted by atomic mass is 32.2. The number of carbonyl (C=O) groups is 1. The van der Waals surface area contributed by atoms with Gasteiger partial charge in [-0.05, 0) is 85.3 Å². The van der Waals surface area contributed by atoms with Crippen molar-refractivity contribution in [3.63, 3.8) is 0 Å². The molecule has 222 valence electrons. The van der Waals surface area contributed by atoms with Crippen LogP contribution in [0.25, 0.3) is 5.69 Å². The monoisotopic (exact) mass is 598 g/mol. The lowest BCUT2D eigenvalue weighted by molar-refractivity contribution is -0.274. The van der Waals surface area contributed by atoms with E-state index in [2.05, 4.69) is 23.7 Å². The molecule has 4 aromatic rings. The van der Waals surface area contributed by atoms with E-state index in [1.165, 1.54) is 22.9 Å². The summed E-state index contributed by atoms with van der Waals surface area (Å²) >= 11 is 1.64. The van der Waals surface area contributed by atoms with Crippen LogP contribution in [0.15, 0.2) is 77.8 Å². The molecule has 0 aliphatic carbocycles. The predicted octanol–water partition coefficient (Wildman–Crippen LogP) is 8.44. The van der Waals surface area contributed by atoms with Crippen molar-refractivity contribution in [3.05, 3.63) is 101 Å². The van der Waals surface area contributed by atoms with E-state index >= 15 is 0 Å². The molecule has 0 spiro atoms. The molecule has 6 nitrogen and oxygen atoms in total. The average Bonchev–Trinajstić information content (AvgIpc) is 3.30. The maximum Gasteiger partial charge on any atom is 0.573 e. The van der Waals surface area contributed by atoms with Crippen LogP contribution >= 0.6 is 11.8 Å². The Morgan fingerprint density at radius 2 is 1.79 bits per heavy atom. The number of carboxylic acids is 1. The van der Waals surface area contributed by atoms with Crippen LogP contribution in [0.4, 0.5) is 13.2 Å². The van der Waals surface area contributed by atoms with Gasteiger partial charge in [0.2, 0.25) is 0 Å². The van der Waals surface area contributed by atoms with Crippen LogP contribution in [0, 0.1) is 6.92 Å². The van der Waals surface area contributed by atoms with Crippen LogP contribution in [-0.4, -0.2) is 27.2 Å². The molecule has 0 fully saturated rings. The van der Waals surface area contributed by atoms with Crippen molar-refractivity contribution >= 4 is 17.7 Å². The van der Waals surface area contributed by atoms with Gasteiger partial charge in [0.1, 0.15) is 18.0 Å². The Kier molecular flexibility index (Phi) is 9.25. The SMILES string of the molecule is Cc1cc(OCc2c(C(C)C)cnn2-c2ccccc2OC(F)(F)F)ccc1C(C)(C)Sc1cccc(CC(=O)O)c1. The summed E-state index contributed by atoms with van der Waals surface area (Å²) in [5.74, 6) is -0.546. The summed E-state index contributed by atoms with van der Waals surface area (Å²) in [6.45, 7) is 10.3. The van der Waals surface area contributed by atoms with Gasteiger partial charge >= 0.3 is 12.3 Å². The van der Waals surface area contributed by atoms with Crippen molar-refractivity contribution in [2.75, 3.05) is 0 Å². The first-order valence-corrected chi connectivity index (χ1v) is 14.2. The summed E-state index contributed by atoms with van der Waals surface area (Å²) in [6, 6.07) is 19.3. The normalized spacial score (nSPS) is 12.0. The number of aryl methyl sites for hydroxylation is 1. The zero-order valence-electron chi connectivity index (χ0n) is 24.0. The van der Waals surface area contributed by atoms with Crippen LogP contribution < -0.4 is 9.47 Å². The summed E-state index contributed by atoms with van der Waals surface area (Å²) in [5.41, 5.74) is 4.49. The number of benzene rings is 3. The van der Waals surface area contributed by atoms with Crippen molar-refractivity contribution in [2.45, 2.75) is 69.6 Å². The molecular weight excluding hydrogens is 565 g/mol. The number of rotatable bonds is 11. The van der Waals surface area contributed by atoms with Gasteiger partial charge in [0.15, 0.2) is 5.75 Å². The summed E-state index contributed by atoms with van der Waals surface area (Å²) < 4.78 is 50.8. The molecule has 0 atom stereocenters. The molecule has 0 aliphatic rings. The number of alkyl halides is 3. The van der Waals surface area contributed by atoms with Gasteiger partial charge in [0.25, 0.3) is 0 Å². The molecule has 1 heterocycles. The first-order valence-electron chi connectivity index (χ1n) is 13.4. The highest BCUT2D eigenvalue weighted by molar-refractivity contribution is 8.00. The second kappa shape index (κ2) is 12.5. The van der Waals surface area contributed by atoms with E-state index < -0.39 is 12.3 Å². The fourth-order valence-corrected chi connectivity index (χ4v) is 6.15. The topological polar surface area (TPSA) is 73.6 Å². The Hall–Kier alpha value is -3.92. The Balaban J connectivity index is 1.56. The fraction of sp³-hybridized carbons (Fsp3) is 0.312. The first-order chi connectivity index (χ1) is 19.7. The number of halogens is 3. The zero-order chi connectivity index (χ0) is 30.7. The second-order valence-electron chi connectivity index (χ2n) is 10.7. The molecule has 0 saturated carbocycles. The van der Waals surface area contributed by atoms with Crippen LogP contribution in [0.2, 0.25) is 0 Å². The van der Waals surface area contributed by atoms with Gasteiger partial charge in [0.05, 0.1) is 18.3 Å². The zero-order valence-corrected chi connectivity index (χ0v) is 24.8. The summed E-state index contributed by atoms with van der Waals surface area (Å²) in [7, 11) is 0. The average molecular weight is 599 g/mol. The predicted molar refractivity (Wildman–Crippen MR) is 157 cm³/mol. The third-order valence-corrected chi connectivity index (χ3v) is 7.91. The largest absolute Gasteiger partial charge is 0.573 e. The lowest BCUT2D eigenvalue weighted by atomic mass is 9.97. The van der Waals surface area contributed by atoms with Crippen molar-refractivity contribution in [3.8, 4) is 17.2 Å².